The van der Waals surface area contributed by atoms with Crippen LogP contribution in [-0.4, -0.2) is 77.3 Å². The topological polar surface area (TPSA) is 272 Å². The zero-order chi connectivity index (χ0) is 34.7. The molecule has 4 heterocycles. The number of carboxylic acid groups (broad SMARTS) is 2. The molecule has 0 unspecified atom stereocenters. The molecule has 0 radical (unpaired) electrons. The number of nitrogens with one attached hydrogen (secondary N) is 2. The van der Waals surface area contributed by atoms with Crippen molar-refractivity contribution in [3.63, 3.8) is 0 Å². The van der Waals surface area contributed by atoms with Gasteiger partial charge in [-0.1, -0.05) is 37.8 Å². The Balaban J connectivity index is 0.000000711. The van der Waals surface area contributed by atoms with Gasteiger partial charge < -0.3 is 21.2 Å². The number of pyridine rings is 4. The Labute approximate surface area is 289 Å². The highest BCUT2D eigenvalue weighted by atomic mass is 16.4. The minimum atomic E-state index is -0.740. The second-order valence-electron chi connectivity index (χ2n) is 9.79. The van der Waals surface area contributed by atoms with Crippen LogP contribution in [0.2, 0.25) is 0 Å². The van der Waals surface area contributed by atoms with Crippen molar-refractivity contribution in [2.45, 2.75) is 51.4 Å². The highest BCUT2D eigenvalue weighted by molar-refractivity contribution is 5.95. The van der Waals surface area contributed by atoms with Crippen LogP contribution in [0.3, 0.4) is 0 Å². The lowest BCUT2D eigenvalue weighted by Crippen LogP contribution is -2.17. The summed E-state index contributed by atoms with van der Waals surface area (Å²) in [6.45, 7) is 0. The first-order valence-electron chi connectivity index (χ1n) is 15.1. The third-order valence-corrected chi connectivity index (χ3v) is 6.02. The van der Waals surface area contributed by atoms with Crippen LogP contribution in [0.15, 0.2) is 108 Å². The van der Waals surface area contributed by atoms with E-state index >= 15 is 0 Å². The van der Waals surface area contributed by atoms with E-state index in [0.29, 0.717) is 22.5 Å². The largest absolute Gasteiger partial charge is 0.481 e. The van der Waals surface area contributed by atoms with Gasteiger partial charge in [0.2, 0.25) is 0 Å². The number of unbranched alkanes of at least 4 members (excludes halogenated alkanes) is 5. The summed E-state index contributed by atoms with van der Waals surface area (Å²) < 4.78 is 0. The van der Waals surface area contributed by atoms with E-state index in [-0.39, 0.29) is 35.6 Å². The van der Waals surface area contributed by atoms with Gasteiger partial charge in [-0.3, -0.25) is 39.1 Å². The summed E-state index contributed by atoms with van der Waals surface area (Å²) in [7, 11) is 0. The van der Waals surface area contributed by atoms with Crippen LogP contribution in [0, 0.1) is 0 Å². The van der Waals surface area contributed by atoms with Crippen LogP contribution in [-0.2, 0) is 9.59 Å². The highest BCUT2D eigenvalue weighted by Gasteiger charge is 2.03. The van der Waals surface area contributed by atoms with Crippen molar-refractivity contribution in [1.82, 2.24) is 30.8 Å². The van der Waals surface area contributed by atoms with Gasteiger partial charge in [0.1, 0.15) is 0 Å². The van der Waals surface area contributed by atoms with Crippen molar-refractivity contribution in [2.24, 2.45) is 10.2 Å². The Morgan fingerprint density at radius 3 is 1.22 bits per heavy atom. The molecule has 0 saturated carbocycles. The smallest absolute Gasteiger partial charge is 0.303 e. The molecule has 16 heteroatoms. The van der Waals surface area contributed by atoms with Crippen molar-refractivity contribution < 1.29 is 40.3 Å². The van der Waals surface area contributed by atoms with Crippen molar-refractivity contribution in [2.75, 3.05) is 0 Å². The Kier molecular flexibility index (Phi) is 24.3. The number of aromatic nitrogens is 4. The number of carbonyl (C=O) groups is 4. The molecule has 266 valence electrons. The first-order valence-corrected chi connectivity index (χ1v) is 15.1. The molecule has 0 aliphatic carbocycles. The van der Waals surface area contributed by atoms with E-state index in [2.05, 4.69) is 41.0 Å². The fraction of sp³-hybridized carbons (Fsp3) is 0.235. The van der Waals surface area contributed by atoms with Crippen LogP contribution < -0.4 is 10.9 Å². The summed E-state index contributed by atoms with van der Waals surface area (Å²) in [5.74, 6) is -2.04. The fourth-order valence-electron chi connectivity index (χ4n) is 3.61. The summed E-state index contributed by atoms with van der Waals surface area (Å²) in [6.07, 6.45) is 18.3. The molecule has 16 nitrogen and oxygen atoms in total. The molecule has 0 aliphatic rings. The Bertz CT molecular complexity index is 1440. The predicted molar refractivity (Wildman–Crippen MR) is 187 cm³/mol. The van der Waals surface area contributed by atoms with Crippen molar-refractivity contribution in [3.05, 3.63) is 120 Å². The van der Waals surface area contributed by atoms with E-state index in [0.717, 1.165) is 38.5 Å². The van der Waals surface area contributed by atoms with Crippen molar-refractivity contribution >= 4 is 36.2 Å². The van der Waals surface area contributed by atoms with E-state index in [9.17, 15) is 19.2 Å². The van der Waals surface area contributed by atoms with Crippen LogP contribution in [0.25, 0.3) is 0 Å². The van der Waals surface area contributed by atoms with E-state index in [1.165, 1.54) is 12.4 Å². The first-order chi connectivity index (χ1) is 23.3. The molecule has 0 bridgehead atoms. The summed E-state index contributed by atoms with van der Waals surface area (Å²) in [5.41, 5.74) is 7.21. The van der Waals surface area contributed by atoms with Crippen molar-refractivity contribution in [3.8, 4) is 0 Å². The summed E-state index contributed by atoms with van der Waals surface area (Å²) >= 11 is 0. The number of hydrogen-bond donors (Lipinski definition) is 4. The minimum Gasteiger partial charge on any atom is -0.481 e. The zero-order valence-corrected chi connectivity index (χ0v) is 27.3. The van der Waals surface area contributed by atoms with Gasteiger partial charge in [-0.05, 0) is 61.4 Å². The second-order valence-corrected chi connectivity index (χ2v) is 9.79. The average Bonchev–Trinajstić information content (AvgIpc) is 3.11. The number of nitrogens with zero attached hydrogens (tertiary/aromatic N) is 6. The Hall–Kier alpha value is -6.26. The maximum absolute atomic E-state index is 11.6. The van der Waals surface area contributed by atoms with E-state index < -0.39 is 11.9 Å². The summed E-state index contributed by atoms with van der Waals surface area (Å²) in [6, 6.07) is 17.4. The molecule has 0 aliphatic heterocycles. The van der Waals surface area contributed by atoms with Crippen LogP contribution >= 0.6 is 0 Å². The fourth-order valence-corrected chi connectivity index (χ4v) is 3.61. The highest BCUT2D eigenvalue weighted by Crippen LogP contribution is 2.08. The van der Waals surface area contributed by atoms with Gasteiger partial charge in [0, 0.05) is 61.1 Å². The number of hydrazone groups is 2. The minimum absolute atomic E-state index is 0. The SMILES string of the molecule is O.O.O=C(N/N=C/c1ccccn1)c1ccncc1.O=C(N/N=C/c1ccccn1)c1ccncc1.O=C(O)CCCCCCCCC(=O)O. The zero-order valence-electron chi connectivity index (χ0n) is 27.3. The van der Waals surface area contributed by atoms with E-state index in [4.69, 9.17) is 10.2 Å². The number of rotatable bonds is 15. The number of hydrogen-bond acceptors (Lipinski definition) is 10. The molecular formula is C34H42N8O8. The lowest BCUT2D eigenvalue weighted by atomic mass is 10.1. The standard InChI is InChI=1S/2C12H10N4O.C10H18O4.2H2O/c2*17-12(10-4-7-13-8-5-10)16-15-9-11-3-1-2-6-14-11;11-9(12)7-5-3-1-2-4-6-8-10(13)14;;/h2*1-9H,(H,16,17);1-8H2,(H,11,12)(H,13,14);2*1H2/b2*15-9+;;;. The molecule has 0 spiro atoms. The van der Waals surface area contributed by atoms with Gasteiger partial charge in [0.05, 0.1) is 23.8 Å². The molecular weight excluding hydrogens is 648 g/mol. The quantitative estimate of drug-likeness (QED) is 0.0803. The van der Waals surface area contributed by atoms with Crippen LogP contribution in [0.1, 0.15) is 83.5 Å². The lowest BCUT2D eigenvalue weighted by Gasteiger charge is -1.98. The Morgan fingerprint density at radius 2 is 0.900 bits per heavy atom. The van der Waals surface area contributed by atoms with E-state index in [1.807, 2.05) is 24.3 Å². The molecule has 8 N–H and O–H groups in total. The molecule has 0 fully saturated rings. The third-order valence-electron chi connectivity index (χ3n) is 6.02. The number of amides is 2. The van der Waals surface area contributed by atoms with E-state index in [1.54, 1.807) is 73.6 Å². The maximum Gasteiger partial charge on any atom is 0.303 e. The van der Waals surface area contributed by atoms with Crippen LogP contribution in [0.5, 0.6) is 0 Å². The Morgan fingerprint density at radius 1 is 0.540 bits per heavy atom. The second kappa shape index (κ2) is 27.8. The molecule has 0 aromatic carbocycles. The average molecular weight is 691 g/mol. The number of aliphatic carboxylic acids is 2. The van der Waals surface area contributed by atoms with Gasteiger partial charge in [0.15, 0.2) is 0 Å². The normalized spacial score (nSPS) is 9.84. The van der Waals surface area contributed by atoms with Gasteiger partial charge in [-0.15, -0.1) is 0 Å². The van der Waals surface area contributed by atoms with Crippen molar-refractivity contribution in [1.29, 1.82) is 0 Å². The molecule has 4 aromatic rings. The maximum atomic E-state index is 11.6. The predicted octanol–water partition coefficient (Wildman–Crippen LogP) is 3.11. The third kappa shape index (κ3) is 21.5. The first kappa shape index (κ1) is 43.7. The van der Waals surface area contributed by atoms with Gasteiger partial charge in [-0.25, -0.2) is 10.9 Å². The molecule has 4 rings (SSSR count). The van der Waals surface area contributed by atoms with Gasteiger partial charge >= 0.3 is 11.9 Å². The monoisotopic (exact) mass is 690 g/mol. The lowest BCUT2D eigenvalue weighted by molar-refractivity contribution is -0.138. The summed E-state index contributed by atoms with van der Waals surface area (Å²) in [5, 5.41) is 24.3. The number of carboxylic acids is 2. The molecule has 2 amide bonds. The van der Waals surface area contributed by atoms with Gasteiger partial charge in [-0.2, -0.15) is 10.2 Å². The molecule has 0 saturated heterocycles. The van der Waals surface area contributed by atoms with Gasteiger partial charge in [0.25, 0.3) is 11.8 Å². The summed E-state index contributed by atoms with van der Waals surface area (Å²) in [4.78, 5) is 59.1. The molecule has 0 atom stereocenters. The molecule has 50 heavy (non-hydrogen) atoms. The molecule has 4 aromatic heterocycles. The number of carbonyl (C=O) groups excluding carboxylic acids is 2. The van der Waals surface area contributed by atoms with Crippen LogP contribution in [0.4, 0.5) is 0 Å².